The molecule has 5 heteroatoms. The molecule has 0 N–H and O–H groups in total. The molecule has 0 aromatic heterocycles. The summed E-state index contributed by atoms with van der Waals surface area (Å²) < 4.78 is 26.8. The van der Waals surface area contributed by atoms with Gasteiger partial charge in [0.1, 0.15) is 11.6 Å². The van der Waals surface area contributed by atoms with E-state index >= 15 is 0 Å². The molecule has 0 aliphatic heterocycles. The van der Waals surface area contributed by atoms with E-state index in [1.165, 1.54) is 24.3 Å². The third kappa shape index (κ3) is 2.52. The Morgan fingerprint density at radius 2 is 1.56 bits per heavy atom. The zero-order valence-corrected chi connectivity index (χ0v) is 10.4. The molecule has 0 atom stereocenters. The van der Waals surface area contributed by atoms with Crippen LogP contribution in [0.3, 0.4) is 0 Å². The minimum Gasteiger partial charge on any atom is -0.288 e. The van der Waals surface area contributed by atoms with Gasteiger partial charge in [-0.2, -0.15) is 0 Å². The van der Waals surface area contributed by atoms with Gasteiger partial charge < -0.3 is 0 Å². The quantitative estimate of drug-likeness (QED) is 0.587. The second-order valence-corrected chi connectivity index (χ2v) is 4.43. The molecular weight excluding hydrogens is 281 g/mol. The second kappa shape index (κ2) is 5.04. The Morgan fingerprint density at radius 3 is 2.17 bits per heavy atom. The fraction of sp³-hybridized carbons (Fsp3) is 0. The Bertz CT molecular complexity index is 609. The van der Waals surface area contributed by atoms with Crippen molar-refractivity contribution >= 4 is 29.0 Å². The van der Waals surface area contributed by atoms with Crippen LogP contribution in [0.15, 0.2) is 36.4 Å². The van der Waals surface area contributed by atoms with Crippen LogP contribution < -0.4 is 0 Å². The lowest BCUT2D eigenvalue weighted by Gasteiger charge is -2.04. The van der Waals surface area contributed by atoms with Gasteiger partial charge in [0.05, 0.1) is 10.6 Å². The highest BCUT2D eigenvalue weighted by Gasteiger charge is 2.16. The minimum absolute atomic E-state index is 0.222. The summed E-state index contributed by atoms with van der Waals surface area (Å²) in [5, 5.41) is 0.0921. The Balaban J connectivity index is 2.46. The minimum atomic E-state index is -0.860. The molecular formula is C13H6Cl2F2O. The van der Waals surface area contributed by atoms with Crippen molar-refractivity contribution in [3.8, 4) is 0 Å². The fourth-order valence-electron chi connectivity index (χ4n) is 1.45. The highest BCUT2D eigenvalue weighted by molar-refractivity contribution is 6.31. The summed E-state index contributed by atoms with van der Waals surface area (Å²) in [6.07, 6.45) is 0. The van der Waals surface area contributed by atoms with Gasteiger partial charge in [-0.3, -0.25) is 4.79 Å². The number of hydrogen-bond acceptors (Lipinski definition) is 1. The zero-order chi connectivity index (χ0) is 13.3. The lowest BCUT2D eigenvalue weighted by molar-refractivity contribution is 0.103. The lowest BCUT2D eigenvalue weighted by atomic mass is 10.0. The number of benzene rings is 2. The molecule has 2 aromatic carbocycles. The van der Waals surface area contributed by atoms with Crippen LogP contribution in [0, 0.1) is 11.6 Å². The van der Waals surface area contributed by atoms with Crippen LogP contribution in [0.25, 0.3) is 0 Å². The van der Waals surface area contributed by atoms with E-state index in [0.717, 1.165) is 12.1 Å². The molecule has 0 saturated heterocycles. The number of rotatable bonds is 2. The number of carbonyl (C=O) groups excluding carboxylic acids is 1. The van der Waals surface area contributed by atoms with Crippen LogP contribution in [0.5, 0.6) is 0 Å². The van der Waals surface area contributed by atoms with Crippen molar-refractivity contribution in [3.63, 3.8) is 0 Å². The molecule has 0 fully saturated rings. The molecule has 18 heavy (non-hydrogen) atoms. The molecule has 2 rings (SSSR count). The summed E-state index contributed by atoms with van der Waals surface area (Å²) >= 11 is 11.1. The number of hydrogen-bond donors (Lipinski definition) is 0. The maximum Gasteiger partial charge on any atom is 0.196 e. The average molecular weight is 287 g/mol. The molecule has 92 valence electrons. The van der Waals surface area contributed by atoms with Gasteiger partial charge in [0, 0.05) is 10.6 Å². The summed E-state index contributed by atoms with van der Waals surface area (Å²) in [6.45, 7) is 0. The van der Waals surface area contributed by atoms with E-state index in [9.17, 15) is 13.6 Å². The van der Waals surface area contributed by atoms with E-state index in [2.05, 4.69) is 0 Å². The van der Waals surface area contributed by atoms with E-state index in [-0.39, 0.29) is 16.1 Å². The van der Waals surface area contributed by atoms with Crippen molar-refractivity contribution in [1.82, 2.24) is 0 Å². The Kier molecular flexibility index (Phi) is 3.64. The van der Waals surface area contributed by atoms with Gasteiger partial charge in [-0.1, -0.05) is 23.2 Å². The largest absolute Gasteiger partial charge is 0.288 e. The molecule has 2 aromatic rings. The zero-order valence-electron chi connectivity index (χ0n) is 8.88. The maximum atomic E-state index is 13.5. The Hall–Kier alpha value is -1.45. The molecule has 0 aliphatic carbocycles. The molecule has 0 amide bonds. The third-order valence-electron chi connectivity index (χ3n) is 2.36. The van der Waals surface area contributed by atoms with Crippen molar-refractivity contribution in [2.45, 2.75) is 0 Å². The molecule has 0 saturated carbocycles. The Labute approximate surface area is 112 Å². The molecule has 0 unspecified atom stereocenters. The first kappa shape index (κ1) is 13.0. The van der Waals surface area contributed by atoms with Crippen molar-refractivity contribution < 1.29 is 13.6 Å². The van der Waals surface area contributed by atoms with Crippen LogP contribution in [-0.4, -0.2) is 5.78 Å². The first-order valence-corrected chi connectivity index (χ1v) is 5.69. The van der Waals surface area contributed by atoms with Gasteiger partial charge in [-0.15, -0.1) is 0 Å². The van der Waals surface area contributed by atoms with Crippen LogP contribution in [-0.2, 0) is 0 Å². The SMILES string of the molecule is O=C(c1ccc(Cl)cc1)c1cc(F)c(Cl)cc1F. The highest BCUT2D eigenvalue weighted by Crippen LogP contribution is 2.22. The molecule has 1 nitrogen and oxygen atoms in total. The monoisotopic (exact) mass is 286 g/mol. The fourth-order valence-corrected chi connectivity index (χ4v) is 1.73. The lowest BCUT2D eigenvalue weighted by Crippen LogP contribution is -2.05. The van der Waals surface area contributed by atoms with Gasteiger partial charge in [-0.05, 0) is 36.4 Å². The van der Waals surface area contributed by atoms with E-state index in [1.54, 1.807) is 0 Å². The normalized spacial score (nSPS) is 10.4. The van der Waals surface area contributed by atoms with Gasteiger partial charge >= 0.3 is 0 Å². The summed E-state index contributed by atoms with van der Waals surface area (Å²) in [5.74, 6) is -2.32. The van der Waals surface area contributed by atoms with E-state index in [0.29, 0.717) is 5.02 Å². The molecule has 0 radical (unpaired) electrons. The summed E-state index contributed by atoms with van der Waals surface area (Å²) in [7, 11) is 0. The van der Waals surface area contributed by atoms with Crippen molar-refractivity contribution in [1.29, 1.82) is 0 Å². The number of carbonyl (C=O) groups is 1. The van der Waals surface area contributed by atoms with Crippen molar-refractivity contribution in [2.75, 3.05) is 0 Å². The molecule has 0 bridgehead atoms. The van der Waals surface area contributed by atoms with E-state index in [4.69, 9.17) is 23.2 Å². The van der Waals surface area contributed by atoms with E-state index in [1.807, 2.05) is 0 Å². The topological polar surface area (TPSA) is 17.1 Å². The smallest absolute Gasteiger partial charge is 0.196 e. The number of halogens is 4. The number of ketones is 1. The third-order valence-corrected chi connectivity index (χ3v) is 2.90. The second-order valence-electron chi connectivity index (χ2n) is 3.58. The maximum absolute atomic E-state index is 13.5. The first-order valence-electron chi connectivity index (χ1n) is 4.94. The molecule has 0 spiro atoms. The van der Waals surface area contributed by atoms with Gasteiger partial charge in [0.2, 0.25) is 0 Å². The Morgan fingerprint density at radius 1 is 0.944 bits per heavy atom. The first-order chi connectivity index (χ1) is 8.49. The highest BCUT2D eigenvalue weighted by atomic mass is 35.5. The standard InChI is InChI=1S/C13H6Cl2F2O/c14-8-3-1-7(2-4-8)13(18)9-5-12(17)10(15)6-11(9)16/h1-6H. The summed E-state index contributed by atoms with van der Waals surface area (Å²) in [5.41, 5.74) is -0.140. The van der Waals surface area contributed by atoms with Gasteiger partial charge in [0.15, 0.2) is 5.78 Å². The van der Waals surface area contributed by atoms with Crippen molar-refractivity contribution in [3.05, 3.63) is 69.2 Å². The summed E-state index contributed by atoms with van der Waals surface area (Å²) in [4.78, 5) is 11.9. The van der Waals surface area contributed by atoms with Crippen LogP contribution in [0.1, 0.15) is 15.9 Å². The predicted octanol–water partition coefficient (Wildman–Crippen LogP) is 4.50. The van der Waals surface area contributed by atoms with Crippen molar-refractivity contribution in [2.24, 2.45) is 0 Å². The predicted molar refractivity (Wildman–Crippen MR) is 66.3 cm³/mol. The van der Waals surface area contributed by atoms with E-state index < -0.39 is 17.4 Å². The summed E-state index contributed by atoms with van der Waals surface area (Å²) in [6, 6.07) is 7.44. The average Bonchev–Trinajstić information content (AvgIpc) is 2.34. The van der Waals surface area contributed by atoms with Gasteiger partial charge in [-0.25, -0.2) is 8.78 Å². The van der Waals surface area contributed by atoms with Gasteiger partial charge in [0.25, 0.3) is 0 Å². The van der Waals surface area contributed by atoms with Crippen LogP contribution in [0.4, 0.5) is 8.78 Å². The van der Waals surface area contributed by atoms with Crippen LogP contribution >= 0.6 is 23.2 Å². The van der Waals surface area contributed by atoms with Crippen LogP contribution in [0.2, 0.25) is 10.0 Å². The molecule has 0 aliphatic rings. The molecule has 0 heterocycles.